The molecule has 1 nitrogen and oxygen atoms in total. The van der Waals surface area contributed by atoms with Gasteiger partial charge in [-0.2, -0.15) is 0 Å². The molecule has 1 atom stereocenters. The Morgan fingerprint density at radius 2 is 2.23 bits per heavy atom. The number of likely N-dealkylation sites (tertiary alicyclic amines) is 1. The topological polar surface area (TPSA) is 3.24 Å². The van der Waals surface area contributed by atoms with Crippen molar-refractivity contribution < 1.29 is 0 Å². The molecule has 0 saturated carbocycles. The molecule has 0 unspecified atom stereocenters. The minimum atomic E-state index is 0.874. The Morgan fingerprint density at radius 1 is 1.38 bits per heavy atom. The van der Waals surface area contributed by atoms with Gasteiger partial charge in [0.1, 0.15) is 0 Å². The number of rotatable bonds is 5. The Balaban J connectivity index is 2.08. The Labute approximate surface area is 82.8 Å². The zero-order valence-electron chi connectivity index (χ0n) is 8.97. The maximum atomic E-state index is 3.75. The highest BCUT2D eigenvalue weighted by Gasteiger charge is 2.17. The number of nitrogens with zero attached hydrogens (tertiary/aromatic N) is 1. The number of unbranched alkanes of at least 4 members (excludes halogenated alkanes) is 2. The average Bonchev–Trinajstić information content (AvgIpc) is 2.15. The quantitative estimate of drug-likeness (QED) is 0.465. The van der Waals surface area contributed by atoms with Crippen molar-refractivity contribution in [3.8, 4) is 0 Å². The van der Waals surface area contributed by atoms with Crippen LogP contribution in [0.25, 0.3) is 0 Å². The van der Waals surface area contributed by atoms with Crippen LogP contribution in [0.4, 0.5) is 0 Å². The van der Waals surface area contributed by atoms with Crippen LogP contribution in [0, 0.1) is 0 Å². The fourth-order valence-electron chi connectivity index (χ4n) is 2.18. The van der Waals surface area contributed by atoms with Gasteiger partial charge in [-0.1, -0.05) is 18.9 Å². The molecule has 0 aromatic rings. The molecule has 76 valence electrons. The molecule has 0 aromatic carbocycles. The third-order valence-corrected chi connectivity index (χ3v) is 3.12. The summed E-state index contributed by atoms with van der Waals surface area (Å²) in [6, 6.07) is 0.874. The summed E-state index contributed by atoms with van der Waals surface area (Å²) in [5.74, 6) is 0. The fourth-order valence-corrected chi connectivity index (χ4v) is 2.18. The van der Waals surface area contributed by atoms with Gasteiger partial charge in [-0.15, -0.1) is 6.58 Å². The second kappa shape index (κ2) is 6.20. The lowest BCUT2D eigenvalue weighted by molar-refractivity contribution is 0.173. The minimum absolute atomic E-state index is 0.874. The lowest BCUT2D eigenvalue weighted by Crippen LogP contribution is -2.35. The highest BCUT2D eigenvalue weighted by Crippen LogP contribution is 2.19. The summed E-state index contributed by atoms with van der Waals surface area (Å²) in [4.78, 5) is 2.54. The largest absolute Gasteiger partial charge is 0.303 e. The Morgan fingerprint density at radius 3 is 2.92 bits per heavy atom. The first-order chi connectivity index (χ1) is 6.34. The highest BCUT2D eigenvalue weighted by molar-refractivity contribution is 4.74. The van der Waals surface area contributed by atoms with Gasteiger partial charge in [0.2, 0.25) is 0 Å². The first-order valence-electron chi connectivity index (χ1n) is 5.65. The number of hydrogen-bond donors (Lipinski definition) is 0. The zero-order valence-corrected chi connectivity index (χ0v) is 8.97. The van der Waals surface area contributed by atoms with Gasteiger partial charge in [0, 0.05) is 6.04 Å². The molecule has 0 radical (unpaired) electrons. The SMILES string of the molecule is C=CCCCC[C@@H]1CCCCN1C. The van der Waals surface area contributed by atoms with E-state index in [0.717, 1.165) is 6.04 Å². The van der Waals surface area contributed by atoms with Crippen molar-refractivity contribution in [2.45, 2.75) is 51.0 Å². The van der Waals surface area contributed by atoms with E-state index < -0.39 is 0 Å². The summed E-state index contributed by atoms with van der Waals surface area (Å²) in [7, 11) is 2.28. The summed E-state index contributed by atoms with van der Waals surface area (Å²) in [6.07, 6.45) is 11.6. The van der Waals surface area contributed by atoms with Crippen LogP contribution in [-0.4, -0.2) is 24.5 Å². The average molecular weight is 181 g/mol. The molecule has 1 saturated heterocycles. The molecule has 0 amide bonds. The summed E-state index contributed by atoms with van der Waals surface area (Å²) in [6.45, 7) is 5.06. The lowest BCUT2D eigenvalue weighted by Gasteiger charge is -2.32. The third-order valence-electron chi connectivity index (χ3n) is 3.12. The van der Waals surface area contributed by atoms with Crippen molar-refractivity contribution in [2.24, 2.45) is 0 Å². The molecule has 1 fully saturated rings. The van der Waals surface area contributed by atoms with E-state index in [1.165, 1.54) is 51.5 Å². The van der Waals surface area contributed by atoms with Crippen LogP contribution in [-0.2, 0) is 0 Å². The molecular weight excluding hydrogens is 158 g/mol. The van der Waals surface area contributed by atoms with Crippen molar-refractivity contribution >= 4 is 0 Å². The van der Waals surface area contributed by atoms with Gasteiger partial charge in [-0.3, -0.25) is 0 Å². The van der Waals surface area contributed by atoms with E-state index in [4.69, 9.17) is 0 Å². The monoisotopic (exact) mass is 181 g/mol. The molecule has 0 aromatic heterocycles. The Kier molecular flexibility index (Phi) is 5.14. The van der Waals surface area contributed by atoms with E-state index in [9.17, 15) is 0 Å². The van der Waals surface area contributed by atoms with E-state index in [1.807, 2.05) is 6.08 Å². The standard InChI is InChI=1S/C12H23N/c1-3-4-5-6-9-12-10-7-8-11-13(12)2/h3,12H,1,4-11H2,2H3/t12-/m1/s1. The van der Waals surface area contributed by atoms with Crippen LogP contribution in [0.3, 0.4) is 0 Å². The van der Waals surface area contributed by atoms with Crippen molar-refractivity contribution in [1.82, 2.24) is 4.90 Å². The van der Waals surface area contributed by atoms with Gasteiger partial charge in [-0.05, 0) is 45.7 Å². The van der Waals surface area contributed by atoms with Gasteiger partial charge in [0.05, 0.1) is 0 Å². The van der Waals surface area contributed by atoms with Crippen LogP contribution < -0.4 is 0 Å². The third kappa shape index (κ3) is 3.95. The van der Waals surface area contributed by atoms with Gasteiger partial charge >= 0.3 is 0 Å². The number of allylic oxidation sites excluding steroid dienone is 1. The molecule has 0 spiro atoms. The normalized spacial score (nSPS) is 24.5. The summed E-state index contributed by atoms with van der Waals surface area (Å²) >= 11 is 0. The molecule has 1 heterocycles. The molecular formula is C12H23N. The maximum Gasteiger partial charge on any atom is 0.00922 e. The van der Waals surface area contributed by atoms with Crippen LogP contribution in [0.5, 0.6) is 0 Å². The predicted octanol–water partition coefficient (Wildman–Crippen LogP) is 3.22. The van der Waals surface area contributed by atoms with Crippen molar-refractivity contribution in [3.63, 3.8) is 0 Å². The predicted molar refractivity (Wildman–Crippen MR) is 58.9 cm³/mol. The molecule has 1 rings (SSSR count). The highest BCUT2D eigenvalue weighted by atomic mass is 15.1. The minimum Gasteiger partial charge on any atom is -0.303 e. The smallest absolute Gasteiger partial charge is 0.00922 e. The van der Waals surface area contributed by atoms with E-state index in [0.29, 0.717) is 0 Å². The van der Waals surface area contributed by atoms with Crippen molar-refractivity contribution in [2.75, 3.05) is 13.6 Å². The van der Waals surface area contributed by atoms with Crippen LogP contribution in [0.15, 0.2) is 12.7 Å². The van der Waals surface area contributed by atoms with Gasteiger partial charge in [0.15, 0.2) is 0 Å². The van der Waals surface area contributed by atoms with Crippen molar-refractivity contribution in [1.29, 1.82) is 0 Å². The second-order valence-corrected chi connectivity index (χ2v) is 4.20. The first-order valence-corrected chi connectivity index (χ1v) is 5.65. The van der Waals surface area contributed by atoms with Crippen LogP contribution in [0.2, 0.25) is 0 Å². The van der Waals surface area contributed by atoms with Crippen LogP contribution >= 0.6 is 0 Å². The number of hydrogen-bond acceptors (Lipinski definition) is 1. The first kappa shape index (κ1) is 10.8. The van der Waals surface area contributed by atoms with Crippen molar-refractivity contribution in [3.05, 3.63) is 12.7 Å². The molecule has 1 heteroatoms. The lowest BCUT2D eigenvalue weighted by atomic mass is 9.97. The molecule has 13 heavy (non-hydrogen) atoms. The van der Waals surface area contributed by atoms with Gasteiger partial charge in [-0.25, -0.2) is 0 Å². The zero-order chi connectivity index (χ0) is 9.52. The van der Waals surface area contributed by atoms with E-state index in [-0.39, 0.29) is 0 Å². The second-order valence-electron chi connectivity index (χ2n) is 4.20. The molecule has 0 aliphatic carbocycles. The van der Waals surface area contributed by atoms with E-state index >= 15 is 0 Å². The van der Waals surface area contributed by atoms with Crippen LogP contribution in [0.1, 0.15) is 44.9 Å². The fraction of sp³-hybridized carbons (Fsp3) is 0.833. The summed E-state index contributed by atoms with van der Waals surface area (Å²) < 4.78 is 0. The molecule has 0 bridgehead atoms. The number of piperidine rings is 1. The maximum absolute atomic E-state index is 3.75. The summed E-state index contributed by atoms with van der Waals surface area (Å²) in [5.41, 5.74) is 0. The summed E-state index contributed by atoms with van der Waals surface area (Å²) in [5, 5.41) is 0. The van der Waals surface area contributed by atoms with E-state index in [2.05, 4.69) is 18.5 Å². The molecule has 1 aliphatic rings. The molecule has 1 aliphatic heterocycles. The Bertz CT molecular complexity index is 142. The van der Waals surface area contributed by atoms with Gasteiger partial charge in [0.25, 0.3) is 0 Å². The van der Waals surface area contributed by atoms with Gasteiger partial charge < -0.3 is 4.90 Å². The van der Waals surface area contributed by atoms with E-state index in [1.54, 1.807) is 0 Å². The Hall–Kier alpha value is -0.300. The molecule has 0 N–H and O–H groups in total.